The monoisotopic (exact) mass is 616 g/mol. The lowest BCUT2D eigenvalue weighted by molar-refractivity contribution is 0.330. The van der Waals surface area contributed by atoms with Gasteiger partial charge in [0.15, 0.2) is 0 Å². The first-order valence-electron chi connectivity index (χ1n) is 11.1. The van der Waals surface area contributed by atoms with E-state index in [4.69, 9.17) is 11.6 Å². The minimum atomic E-state index is -3.14. The molecule has 6 nitrogen and oxygen atoms in total. The van der Waals surface area contributed by atoms with Crippen LogP contribution < -0.4 is 10.6 Å². The minimum absolute atomic E-state index is 0.135. The summed E-state index contributed by atoms with van der Waals surface area (Å²) < 4.78 is 41.5. The number of piperidine rings is 1. The van der Waals surface area contributed by atoms with E-state index in [-0.39, 0.29) is 17.6 Å². The van der Waals surface area contributed by atoms with Crippen molar-refractivity contribution in [2.75, 3.05) is 24.2 Å². The molecule has 1 fully saturated rings. The molecule has 0 bridgehead atoms. The highest BCUT2D eigenvalue weighted by atomic mass is 127. The van der Waals surface area contributed by atoms with Gasteiger partial charge in [-0.05, 0) is 55.7 Å². The van der Waals surface area contributed by atoms with Crippen molar-refractivity contribution in [2.45, 2.75) is 32.4 Å². The predicted molar refractivity (Wildman–Crippen MR) is 146 cm³/mol. The molecule has 3 heterocycles. The average Bonchev–Trinajstić information content (AvgIpc) is 2.84. The third-order valence-electron chi connectivity index (χ3n) is 5.72. The number of anilines is 1. The largest absolute Gasteiger partial charge is 0.367 e. The summed E-state index contributed by atoms with van der Waals surface area (Å²) in [7, 11) is -3.14. The minimum Gasteiger partial charge on any atom is -0.367 e. The summed E-state index contributed by atoms with van der Waals surface area (Å²) in [6, 6.07) is 8.74. The number of nitrogens with one attached hydrogen (secondary N) is 2. The second-order valence-corrected chi connectivity index (χ2v) is 13.6. The second kappa shape index (κ2) is 11.4. The van der Waals surface area contributed by atoms with E-state index in [2.05, 4.69) is 27.8 Å². The fourth-order valence-corrected chi connectivity index (χ4v) is 7.84. The predicted octanol–water partition coefficient (Wildman–Crippen LogP) is 4.90. The van der Waals surface area contributed by atoms with E-state index in [0.717, 1.165) is 33.4 Å². The topological polar surface area (TPSA) is 74.3 Å². The van der Waals surface area contributed by atoms with E-state index in [9.17, 15) is 12.8 Å². The van der Waals surface area contributed by atoms with Crippen molar-refractivity contribution in [3.05, 3.63) is 76.7 Å². The van der Waals surface area contributed by atoms with Crippen molar-refractivity contribution in [1.82, 2.24) is 14.6 Å². The van der Waals surface area contributed by atoms with E-state index in [1.54, 1.807) is 23.5 Å². The Bertz CT molecular complexity index is 1240. The molecule has 0 unspecified atom stereocenters. The lowest BCUT2D eigenvalue weighted by Gasteiger charge is -2.31. The highest BCUT2D eigenvalue weighted by molar-refractivity contribution is 14.2. The number of rotatable bonds is 8. The number of pyridine rings is 1. The van der Waals surface area contributed by atoms with Crippen LogP contribution in [0.1, 0.15) is 30.9 Å². The second-order valence-electron chi connectivity index (χ2n) is 8.07. The van der Waals surface area contributed by atoms with Crippen molar-refractivity contribution in [3.8, 4) is 0 Å². The van der Waals surface area contributed by atoms with Crippen LogP contribution in [0.25, 0.3) is 3.58 Å². The molecule has 0 radical (unpaired) electrons. The quantitative estimate of drug-likeness (QED) is 0.413. The van der Waals surface area contributed by atoms with Crippen LogP contribution in [0, 0.1) is 5.82 Å². The Morgan fingerprint density at radius 3 is 2.79 bits per heavy atom. The molecule has 182 valence electrons. The standard InChI is InChI=1S/C24H27ClFIN4O2S/c1-2-34(32,33)31-11-9-19(10-12-31)30-24-14-20(21(25)16-29-24)22-7-4-8-23(27-22)28-15-17-5-3-6-18(26)13-17/h3-8,13-14,16,19,28H,2,9-12,15H2,1H3,(H,29,30). The van der Waals surface area contributed by atoms with Gasteiger partial charge in [0.1, 0.15) is 11.6 Å². The van der Waals surface area contributed by atoms with Gasteiger partial charge in [0, 0.05) is 44.6 Å². The van der Waals surface area contributed by atoms with Gasteiger partial charge in [0.2, 0.25) is 10.0 Å². The Balaban J connectivity index is 1.42. The van der Waals surface area contributed by atoms with Crippen molar-refractivity contribution >= 4 is 55.4 Å². The molecule has 4 rings (SSSR count). The number of sulfonamides is 1. The summed E-state index contributed by atoms with van der Waals surface area (Å²) in [5.74, 6) is 0.639. The highest BCUT2D eigenvalue weighted by Crippen LogP contribution is 2.36. The first-order valence-corrected chi connectivity index (χ1v) is 15.3. The Labute approximate surface area is 215 Å². The summed E-state index contributed by atoms with van der Waals surface area (Å²) >= 11 is 6.01. The molecule has 2 aliphatic rings. The molecule has 2 N–H and O–H groups in total. The Kier molecular flexibility index (Phi) is 8.52. The van der Waals surface area contributed by atoms with Gasteiger partial charge >= 0.3 is 0 Å². The van der Waals surface area contributed by atoms with Gasteiger partial charge in [-0.1, -0.05) is 50.5 Å². The number of aromatic nitrogens is 1. The van der Waals surface area contributed by atoms with E-state index in [1.807, 2.05) is 18.2 Å². The molecule has 2 aromatic rings. The molecule has 1 aromatic heterocycles. The Morgan fingerprint density at radius 1 is 1.26 bits per heavy atom. The maximum atomic E-state index is 13.4. The molecule has 2 aliphatic heterocycles. The molecular formula is C24H27ClFIN4O2S. The summed E-state index contributed by atoms with van der Waals surface area (Å²) in [4.78, 5) is 4.45. The van der Waals surface area contributed by atoms with E-state index >= 15 is 0 Å². The van der Waals surface area contributed by atoms with Crippen molar-refractivity contribution in [2.24, 2.45) is 0 Å². The molecule has 34 heavy (non-hydrogen) atoms. The van der Waals surface area contributed by atoms with Gasteiger partial charge in [0.25, 0.3) is 0 Å². The van der Waals surface area contributed by atoms with Crippen LogP contribution in [0.2, 0.25) is 5.02 Å². The number of halogens is 3. The van der Waals surface area contributed by atoms with Gasteiger partial charge in [0.05, 0.1) is 10.8 Å². The summed E-state index contributed by atoms with van der Waals surface area (Å²) in [6.45, 7) is 3.28. The molecule has 0 amide bonds. The summed E-state index contributed by atoms with van der Waals surface area (Å²) in [6.07, 6.45) is 9.28. The third-order valence-corrected chi connectivity index (χ3v) is 10.7. The number of benzene rings is 1. The van der Waals surface area contributed by atoms with Gasteiger partial charge in [-0.3, -0.25) is 5.32 Å². The zero-order valence-corrected chi connectivity index (χ0v) is 22.5. The molecule has 1 saturated heterocycles. The number of hydrogen-bond acceptors (Lipinski definition) is 5. The van der Waals surface area contributed by atoms with Crippen LogP contribution in [-0.4, -0.2) is 46.2 Å². The van der Waals surface area contributed by atoms with Crippen LogP contribution >= 0.6 is 32.3 Å². The third kappa shape index (κ3) is 6.51. The summed E-state index contributed by atoms with van der Waals surface area (Å²) in [5.41, 5.74) is 1.85. The van der Waals surface area contributed by atoms with E-state index in [1.165, 1.54) is 15.7 Å². The van der Waals surface area contributed by atoms with Crippen molar-refractivity contribution < 1.29 is 12.8 Å². The first kappa shape index (κ1) is 25.4. The Hall–Kier alpha value is -1.66. The molecule has 0 saturated carbocycles. The van der Waals surface area contributed by atoms with Gasteiger partial charge in [-0.15, -0.1) is 0 Å². The van der Waals surface area contributed by atoms with Crippen LogP contribution in [0.5, 0.6) is 0 Å². The van der Waals surface area contributed by atoms with E-state index in [0.29, 0.717) is 24.7 Å². The molecule has 0 spiro atoms. The molecule has 0 aliphatic carbocycles. The highest BCUT2D eigenvalue weighted by Gasteiger charge is 2.26. The number of allylic oxidation sites excluding steroid dienone is 2. The average molecular weight is 617 g/mol. The fourth-order valence-electron chi connectivity index (χ4n) is 3.83. The van der Waals surface area contributed by atoms with Gasteiger partial charge < -0.3 is 5.32 Å². The fraction of sp³-hybridized carbons (Fsp3) is 0.333. The normalized spacial score (nSPS) is 17.6. The van der Waals surface area contributed by atoms with E-state index < -0.39 is 30.8 Å². The lowest BCUT2D eigenvalue weighted by Crippen LogP contribution is -2.43. The molecule has 0 atom stereocenters. The maximum absolute atomic E-state index is 13.4. The lowest BCUT2D eigenvalue weighted by atomic mass is 10.1. The van der Waals surface area contributed by atoms with Crippen LogP contribution in [0.15, 0.2) is 54.8 Å². The Morgan fingerprint density at radius 2 is 2.06 bits per heavy atom. The van der Waals surface area contributed by atoms with Gasteiger partial charge in [-0.25, -0.2) is 22.1 Å². The zero-order valence-electron chi connectivity index (χ0n) is 18.8. The molecule has 10 heteroatoms. The number of nitrogens with zero attached hydrogens (tertiary/aromatic N) is 2. The van der Waals surface area contributed by atoms with Gasteiger partial charge in [-0.2, -0.15) is 0 Å². The smallest absolute Gasteiger partial charge is 0.213 e. The zero-order chi connectivity index (χ0) is 24.1. The summed E-state index contributed by atoms with van der Waals surface area (Å²) in [5, 5.41) is 7.48. The van der Waals surface area contributed by atoms with Crippen LogP contribution in [0.4, 0.5) is 10.2 Å². The first-order chi connectivity index (χ1) is 16.3. The molecule has 1 aromatic carbocycles. The van der Waals surface area contributed by atoms with Crippen molar-refractivity contribution in [3.63, 3.8) is 0 Å². The molecular weight excluding hydrogens is 590 g/mol. The van der Waals surface area contributed by atoms with Crippen LogP contribution in [-0.2, 0) is 16.6 Å². The van der Waals surface area contributed by atoms with Crippen LogP contribution in [0.3, 0.4) is 0 Å². The number of hydrogen-bond donors (Lipinski definition) is 2. The van der Waals surface area contributed by atoms with Crippen molar-refractivity contribution in [1.29, 1.82) is 0 Å². The SMILES string of the molecule is CCS(=O)(=O)N1CCC(Nc2cc(C3=CC=CC(NCc4cccc(F)c4)=I3)c(Cl)cn2)CC1. The maximum Gasteiger partial charge on any atom is 0.213 e.